The third-order valence-electron chi connectivity index (χ3n) is 3.52. The number of carbonyl (C=O) groups is 1. The third-order valence-corrected chi connectivity index (χ3v) is 5.13. The molecule has 0 bridgehead atoms. The monoisotopic (exact) mass is 408 g/mol. The summed E-state index contributed by atoms with van der Waals surface area (Å²) in [5.74, 6) is 1.47. The van der Waals surface area contributed by atoms with Gasteiger partial charge in [-0.25, -0.2) is 4.79 Å². The first-order valence-corrected chi connectivity index (χ1v) is 9.99. The van der Waals surface area contributed by atoms with Crippen molar-refractivity contribution in [2.24, 2.45) is 0 Å². The largest absolute Gasteiger partial charge is 0.465 e. The van der Waals surface area contributed by atoms with Crippen LogP contribution in [0.15, 0.2) is 42.5 Å². The molecule has 2 aromatic rings. The zero-order chi connectivity index (χ0) is 18.9. The van der Waals surface area contributed by atoms with Gasteiger partial charge in [-0.2, -0.15) is 11.8 Å². The Balaban J connectivity index is 1.76. The van der Waals surface area contributed by atoms with Gasteiger partial charge in [0.1, 0.15) is 0 Å². The molecule has 2 N–H and O–H groups in total. The highest BCUT2D eigenvalue weighted by Gasteiger charge is 2.09. The van der Waals surface area contributed by atoms with E-state index in [0.717, 1.165) is 18.1 Å². The molecule has 0 radical (unpaired) electrons. The van der Waals surface area contributed by atoms with Gasteiger partial charge in [-0.3, -0.25) is 0 Å². The Morgan fingerprint density at radius 3 is 2.81 bits per heavy atom. The van der Waals surface area contributed by atoms with Crippen LogP contribution >= 0.6 is 35.6 Å². The highest BCUT2D eigenvalue weighted by Crippen LogP contribution is 2.23. The molecule has 0 aromatic heterocycles. The molecule has 0 aliphatic heterocycles. The SMILES string of the molecule is COC(=O)c1ccc(Cl)c(NC(=S)NCCSCc2cccc(C)c2)c1. The maximum Gasteiger partial charge on any atom is 0.337 e. The van der Waals surface area contributed by atoms with Crippen LogP contribution in [0, 0.1) is 6.92 Å². The van der Waals surface area contributed by atoms with Gasteiger partial charge < -0.3 is 15.4 Å². The Labute approximate surface area is 168 Å². The molecule has 0 aliphatic rings. The second-order valence-corrected chi connectivity index (χ2v) is 7.53. The van der Waals surface area contributed by atoms with Crippen LogP contribution in [0.25, 0.3) is 0 Å². The molecule has 7 heteroatoms. The molecular formula is C19H21ClN2O2S2. The van der Waals surface area contributed by atoms with E-state index in [1.165, 1.54) is 18.2 Å². The smallest absolute Gasteiger partial charge is 0.337 e. The number of thioether (sulfide) groups is 1. The van der Waals surface area contributed by atoms with E-state index in [1.54, 1.807) is 18.2 Å². The number of carbonyl (C=O) groups excluding carboxylic acids is 1. The van der Waals surface area contributed by atoms with E-state index in [0.29, 0.717) is 21.4 Å². The Kier molecular flexibility index (Phi) is 8.22. The Bertz CT molecular complexity index is 784. The summed E-state index contributed by atoms with van der Waals surface area (Å²) in [6.07, 6.45) is 0. The molecule has 0 spiro atoms. The minimum atomic E-state index is -0.420. The van der Waals surface area contributed by atoms with Crippen molar-refractivity contribution in [3.63, 3.8) is 0 Å². The van der Waals surface area contributed by atoms with Crippen LogP contribution in [0.4, 0.5) is 5.69 Å². The summed E-state index contributed by atoms with van der Waals surface area (Å²) >= 11 is 13.3. The molecule has 0 amide bonds. The number of ether oxygens (including phenoxy) is 1. The average molecular weight is 409 g/mol. The van der Waals surface area contributed by atoms with Crippen LogP contribution in [-0.4, -0.2) is 30.5 Å². The van der Waals surface area contributed by atoms with Crippen LogP contribution in [0.1, 0.15) is 21.5 Å². The summed E-state index contributed by atoms with van der Waals surface area (Å²) in [6, 6.07) is 13.4. The van der Waals surface area contributed by atoms with Crippen molar-refractivity contribution in [2.75, 3.05) is 24.7 Å². The lowest BCUT2D eigenvalue weighted by molar-refractivity contribution is 0.0601. The minimum absolute atomic E-state index is 0.413. The Morgan fingerprint density at radius 1 is 1.27 bits per heavy atom. The molecule has 0 unspecified atom stereocenters. The van der Waals surface area contributed by atoms with E-state index < -0.39 is 5.97 Å². The Morgan fingerprint density at radius 2 is 2.08 bits per heavy atom. The van der Waals surface area contributed by atoms with E-state index in [1.807, 2.05) is 11.8 Å². The fourth-order valence-corrected chi connectivity index (χ4v) is 3.44. The number of thiocarbonyl (C=S) groups is 1. The van der Waals surface area contributed by atoms with Gasteiger partial charge >= 0.3 is 5.97 Å². The summed E-state index contributed by atoms with van der Waals surface area (Å²) in [6.45, 7) is 2.83. The summed E-state index contributed by atoms with van der Waals surface area (Å²) in [5.41, 5.74) is 3.58. The first kappa shape index (κ1) is 20.6. The molecule has 0 atom stereocenters. The van der Waals surface area contributed by atoms with Gasteiger partial charge in [0.2, 0.25) is 0 Å². The molecule has 2 aromatic carbocycles. The normalized spacial score (nSPS) is 10.3. The number of hydrogen-bond donors (Lipinski definition) is 2. The predicted octanol–water partition coefficient (Wildman–Crippen LogP) is 4.65. The van der Waals surface area contributed by atoms with E-state index >= 15 is 0 Å². The molecule has 2 rings (SSSR count). The number of rotatable bonds is 7. The fourth-order valence-electron chi connectivity index (χ4n) is 2.26. The molecule has 0 saturated carbocycles. The van der Waals surface area contributed by atoms with Crippen molar-refractivity contribution in [1.82, 2.24) is 5.32 Å². The van der Waals surface area contributed by atoms with Crippen molar-refractivity contribution in [2.45, 2.75) is 12.7 Å². The third kappa shape index (κ3) is 6.52. The first-order chi connectivity index (χ1) is 12.5. The summed E-state index contributed by atoms with van der Waals surface area (Å²) < 4.78 is 4.71. The first-order valence-electron chi connectivity index (χ1n) is 8.05. The molecule has 0 saturated heterocycles. The van der Waals surface area contributed by atoms with Gasteiger partial charge in [0.15, 0.2) is 5.11 Å². The lowest BCUT2D eigenvalue weighted by Crippen LogP contribution is -2.30. The molecule has 138 valence electrons. The molecular weight excluding hydrogens is 388 g/mol. The Hall–Kier alpha value is -1.76. The van der Waals surface area contributed by atoms with Gasteiger partial charge in [0.05, 0.1) is 23.4 Å². The quantitative estimate of drug-likeness (QED) is 0.395. The fraction of sp³-hybridized carbons (Fsp3) is 0.263. The van der Waals surface area contributed by atoms with E-state index in [2.05, 4.69) is 41.8 Å². The number of anilines is 1. The number of halogens is 1. The maximum atomic E-state index is 11.6. The summed E-state index contributed by atoms with van der Waals surface area (Å²) in [5, 5.41) is 7.11. The molecule has 0 fully saturated rings. The summed E-state index contributed by atoms with van der Waals surface area (Å²) in [7, 11) is 1.34. The average Bonchev–Trinajstić information content (AvgIpc) is 2.62. The second kappa shape index (κ2) is 10.4. The second-order valence-electron chi connectivity index (χ2n) is 5.61. The predicted molar refractivity (Wildman–Crippen MR) is 114 cm³/mol. The number of aryl methyl sites for hydroxylation is 1. The van der Waals surface area contributed by atoms with E-state index in [4.69, 9.17) is 28.6 Å². The highest BCUT2D eigenvalue weighted by atomic mass is 35.5. The molecule has 26 heavy (non-hydrogen) atoms. The van der Waals surface area contributed by atoms with Crippen LogP contribution < -0.4 is 10.6 Å². The lowest BCUT2D eigenvalue weighted by Gasteiger charge is -2.12. The summed E-state index contributed by atoms with van der Waals surface area (Å²) in [4.78, 5) is 11.6. The van der Waals surface area contributed by atoms with Crippen molar-refractivity contribution in [3.8, 4) is 0 Å². The standard InChI is InChI=1S/C19H21ClN2O2S2/c1-13-4-3-5-14(10-13)12-26-9-8-21-19(25)22-17-11-15(18(23)24-2)6-7-16(17)20/h3-7,10-11H,8-9,12H2,1-2H3,(H2,21,22,25). The van der Waals surface area contributed by atoms with Gasteiger partial charge in [-0.15, -0.1) is 0 Å². The van der Waals surface area contributed by atoms with Crippen molar-refractivity contribution in [1.29, 1.82) is 0 Å². The zero-order valence-electron chi connectivity index (χ0n) is 14.7. The van der Waals surface area contributed by atoms with Crippen LogP contribution in [0.5, 0.6) is 0 Å². The number of methoxy groups -OCH3 is 1. The van der Waals surface area contributed by atoms with Crippen molar-refractivity contribution >= 4 is 52.3 Å². The number of hydrogen-bond acceptors (Lipinski definition) is 4. The molecule has 0 aliphatic carbocycles. The highest BCUT2D eigenvalue weighted by molar-refractivity contribution is 7.98. The zero-order valence-corrected chi connectivity index (χ0v) is 17.1. The van der Waals surface area contributed by atoms with E-state index in [-0.39, 0.29) is 0 Å². The minimum Gasteiger partial charge on any atom is -0.465 e. The van der Waals surface area contributed by atoms with Crippen molar-refractivity contribution < 1.29 is 9.53 Å². The van der Waals surface area contributed by atoms with Crippen LogP contribution in [0.3, 0.4) is 0 Å². The van der Waals surface area contributed by atoms with E-state index in [9.17, 15) is 4.79 Å². The topological polar surface area (TPSA) is 50.4 Å². The van der Waals surface area contributed by atoms with Crippen LogP contribution in [0.2, 0.25) is 5.02 Å². The number of esters is 1. The van der Waals surface area contributed by atoms with Gasteiger partial charge in [0.25, 0.3) is 0 Å². The van der Waals surface area contributed by atoms with Gasteiger partial charge in [0, 0.05) is 18.1 Å². The lowest BCUT2D eigenvalue weighted by atomic mass is 10.2. The number of nitrogens with one attached hydrogen (secondary N) is 2. The van der Waals surface area contributed by atoms with Gasteiger partial charge in [-0.1, -0.05) is 41.4 Å². The van der Waals surface area contributed by atoms with Gasteiger partial charge in [-0.05, 0) is 42.9 Å². The van der Waals surface area contributed by atoms with Crippen molar-refractivity contribution in [3.05, 3.63) is 64.2 Å². The number of benzene rings is 2. The molecule has 4 nitrogen and oxygen atoms in total. The van der Waals surface area contributed by atoms with Crippen LogP contribution in [-0.2, 0) is 10.5 Å². The maximum absolute atomic E-state index is 11.6. The molecule has 0 heterocycles.